The molecule has 6 heteroatoms. The van der Waals surface area contributed by atoms with Crippen molar-refractivity contribution < 1.29 is 4.74 Å². The molecule has 0 amide bonds. The summed E-state index contributed by atoms with van der Waals surface area (Å²) < 4.78 is 6.39. The minimum Gasteiger partial charge on any atom is -0.497 e. The number of hydrogen-bond donors (Lipinski definition) is 1. The van der Waals surface area contributed by atoms with E-state index in [0.29, 0.717) is 0 Å². The normalized spacial score (nSPS) is 17.5. The second-order valence-corrected chi connectivity index (χ2v) is 7.83. The van der Waals surface area contributed by atoms with Crippen LogP contribution in [-0.2, 0) is 12.8 Å². The number of aromatic nitrogens is 2. The fourth-order valence-corrected chi connectivity index (χ4v) is 4.90. The van der Waals surface area contributed by atoms with Crippen molar-refractivity contribution >= 4 is 43.2 Å². The standard InChI is InChI=1S/C16H17N3OS2/c1-9-3-5-11-13(7-9)21-15(17-11)19-16-18-12-6-4-10(20-2)8-14(12)22-16/h4,6,8-9H,3,5,7H2,1-2H3,(H,17,18,19)/t9-/m0/s1. The van der Waals surface area contributed by atoms with Crippen LogP contribution < -0.4 is 10.1 Å². The molecule has 4 nitrogen and oxygen atoms in total. The number of aryl methyl sites for hydroxylation is 1. The lowest BCUT2D eigenvalue weighted by molar-refractivity contribution is 0.415. The number of hydrogen-bond acceptors (Lipinski definition) is 6. The number of benzene rings is 1. The van der Waals surface area contributed by atoms with Crippen molar-refractivity contribution in [2.75, 3.05) is 12.4 Å². The van der Waals surface area contributed by atoms with Crippen LogP contribution in [0.15, 0.2) is 18.2 Å². The van der Waals surface area contributed by atoms with Gasteiger partial charge in [0.1, 0.15) is 5.75 Å². The number of nitrogens with zero attached hydrogens (tertiary/aromatic N) is 2. The van der Waals surface area contributed by atoms with Crippen molar-refractivity contribution in [3.8, 4) is 5.75 Å². The van der Waals surface area contributed by atoms with Gasteiger partial charge in [-0.05, 0) is 43.4 Å². The van der Waals surface area contributed by atoms with Crippen molar-refractivity contribution in [3.05, 3.63) is 28.8 Å². The average molecular weight is 331 g/mol. The van der Waals surface area contributed by atoms with Crippen LogP contribution in [0.3, 0.4) is 0 Å². The first kappa shape index (κ1) is 14.0. The molecule has 1 aliphatic rings. The highest BCUT2D eigenvalue weighted by Gasteiger charge is 2.20. The van der Waals surface area contributed by atoms with E-state index in [0.717, 1.165) is 45.0 Å². The topological polar surface area (TPSA) is 47.0 Å². The third-order valence-electron chi connectivity index (χ3n) is 4.00. The number of methoxy groups -OCH3 is 1. The molecule has 2 heterocycles. The average Bonchev–Trinajstić information content (AvgIpc) is 3.08. The maximum absolute atomic E-state index is 5.26. The summed E-state index contributed by atoms with van der Waals surface area (Å²) in [6.07, 6.45) is 3.51. The molecule has 1 atom stereocenters. The SMILES string of the molecule is COc1ccc2nc(Nc3nc4c(s3)C[C@@H](C)CC4)sc2c1. The Kier molecular flexibility index (Phi) is 3.50. The fourth-order valence-electron chi connectivity index (χ4n) is 2.77. The summed E-state index contributed by atoms with van der Waals surface area (Å²) in [6.45, 7) is 2.32. The van der Waals surface area contributed by atoms with Crippen molar-refractivity contribution in [1.82, 2.24) is 9.97 Å². The number of nitrogens with one attached hydrogen (secondary N) is 1. The lowest BCUT2D eigenvalue weighted by Gasteiger charge is -2.15. The van der Waals surface area contributed by atoms with E-state index in [-0.39, 0.29) is 0 Å². The van der Waals surface area contributed by atoms with Crippen LogP contribution in [0.4, 0.5) is 10.3 Å². The highest BCUT2D eigenvalue weighted by Crippen LogP contribution is 2.35. The number of anilines is 2. The van der Waals surface area contributed by atoms with E-state index < -0.39 is 0 Å². The molecular weight excluding hydrogens is 314 g/mol. The molecule has 1 N–H and O–H groups in total. The van der Waals surface area contributed by atoms with Crippen LogP contribution in [0, 0.1) is 5.92 Å². The minimum absolute atomic E-state index is 0.774. The molecule has 4 rings (SSSR count). The molecule has 1 aliphatic carbocycles. The van der Waals surface area contributed by atoms with Crippen LogP contribution in [0.2, 0.25) is 0 Å². The van der Waals surface area contributed by atoms with E-state index in [1.165, 1.54) is 17.0 Å². The Bertz CT molecular complexity index is 824. The van der Waals surface area contributed by atoms with E-state index in [2.05, 4.69) is 17.2 Å². The van der Waals surface area contributed by atoms with Gasteiger partial charge in [0.2, 0.25) is 0 Å². The third kappa shape index (κ3) is 2.57. The number of ether oxygens (including phenoxy) is 1. The number of thiazole rings is 2. The van der Waals surface area contributed by atoms with Crippen molar-refractivity contribution in [3.63, 3.8) is 0 Å². The zero-order valence-electron chi connectivity index (χ0n) is 12.5. The van der Waals surface area contributed by atoms with Crippen LogP contribution in [0.25, 0.3) is 10.2 Å². The van der Waals surface area contributed by atoms with Gasteiger partial charge in [-0.2, -0.15) is 0 Å². The summed E-state index contributed by atoms with van der Waals surface area (Å²) in [5.74, 6) is 1.64. The van der Waals surface area contributed by atoms with Crippen LogP contribution in [-0.4, -0.2) is 17.1 Å². The molecule has 1 aromatic carbocycles. The van der Waals surface area contributed by atoms with Gasteiger partial charge in [-0.1, -0.05) is 18.3 Å². The molecule has 0 aliphatic heterocycles. The molecule has 3 aromatic rings. The Morgan fingerprint density at radius 1 is 1.23 bits per heavy atom. The molecule has 0 fully saturated rings. The summed E-state index contributed by atoms with van der Waals surface area (Å²) in [5, 5.41) is 5.23. The molecule has 0 unspecified atom stereocenters. The quantitative estimate of drug-likeness (QED) is 0.760. The molecule has 0 spiro atoms. The summed E-state index contributed by atoms with van der Waals surface area (Å²) in [6, 6.07) is 5.95. The summed E-state index contributed by atoms with van der Waals surface area (Å²) in [5.41, 5.74) is 2.26. The monoisotopic (exact) mass is 331 g/mol. The fraction of sp³-hybridized carbons (Fsp3) is 0.375. The molecule has 0 saturated heterocycles. The van der Waals surface area contributed by atoms with Gasteiger partial charge < -0.3 is 10.1 Å². The lowest BCUT2D eigenvalue weighted by Crippen LogP contribution is -2.09. The van der Waals surface area contributed by atoms with E-state index in [9.17, 15) is 0 Å². The van der Waals surface area contributed by atoms with Crippen molar-refractivity contribution in [1.29, 1.82) is 0 Å². The zero-order chi connectivity index (χ0) is 15.1. The van der Waals surface area contributed by atoms with Gasteiger partial charge in [0.25, 0.3) is 0 Å². The van der Waals surface area contributed by atoms with Crippen LogP contribution in [0.1, 0.15) is 23.9 Å². The lowest BCUT2D eigenvalue weighted by atomic mass is 9.93. The molecule has 0 radical (unpaired) electrons. The Morgan fingerprint density at radius 3 is 2.95 bits per heavy atom. The van der Waals surface area contributed by atoms with Gasteiger partial charge in [-0.3, -0.25) is 0 Å². The van der Waals surface area contributed by atoms with E-state index in [4.69, 9.17) is 9.72 Å². The molecule has 0 saturated carbocycles. The first-order valence-electron chi connectivity index (χ1n) is 7.41. The molecule has 0 bridgehead atoms. The van der Waals surface area contributed by atoms with Gasteiger partial charge in [-0.25, -0.2) is 9.97 Å². The molecule has 22 heavy (non-hydrogen) atoms. The Balaban J connectivity index is 1.60. The predicted octanol–water partition coefficient (Wildman–Crippen LogP) is 4.63. The molecular formula is C16H17N3OS2. The van der Waals surface area contributed by atoms with Crippen LogP contribution in [0.5, 0.6) is 5.75 Å². The number of fused-ring (bicyclic) bond motifs is 2. The van der Waals surface area contributed by atoms with Gasteiger partial charge in [-0.15, -0.1) is 11.3 Å². The summed E-state index contributed by atoms with van der Waals surface area (Å²) in [7, 11) is 1.68. The minimum atomic E-state index is 0.774. The molecule has 2 aromatic heterocycles. The maximum Gasteiger partial charge on any atom is 0.190 e. The van der Waals surface area contributed by atoms with E-state index >= 15 is 0 Å². The zero-order valence-corrected chi connectivity index (χ0v) is 14.2. The number of rotatable bonds is 3. The van der Waals surface area contributed by atoms with E-state index in [1.807, 2.05) is 18.2 Å². The predicted molar refractivity (Wildman–Crippen MR) is 92.8 cm³/mol. The maximum atomic E-state index is 5.26. The Hall–Kier alpha value is -1.66. The summed E-state index contributed by atoms with van der Waals surface area (Å²) in [4.78, 5) is 10.8. The Morgan fingerprint density at radius 2 is 2.09 bits per heavy atom. The Labute approximate surface area is 137 Å². The first-order valence-corrected chi connectivity index (χ1v) is 9.05. The highest BCUT2D eigenvalue weighted by molar-refractivity contribution is 7.22. The second-order valence-electron chi connectivity index (χ2n) is 5.71. The second kappa shape index (κ2) is 5.52. The molecule has 114 valence electrons. The van der Waals surface area contributed by atoms with Gasteiger partial charge >= 0.3 is 0 Å². The van der Waals surface area contributed by atoms with Gasteiger partial charge in [0.15, 0.2) is 10.3 Å². The van der Waals surface area contributed by atoms with E-state index in [1.54, 1.807) is 29.8 Å². The third-order valence-corrected chi connectivity index (χ3v) is 5.96. The summed E-state index contributed by atoms with van der Waals surface area (Å²) >= 11 is 3.40. The smallest absolute Gasteiger partial charge is 0.190 e. The van der Waals surface area contributed by atoms with Gasteiger partial charge in [0.05, 0.1) is 23.0 Å². The van der Waals surface area contributed by atoms with Gasteiger partial charge in [0, 0.05) is 4.88 Å². The highest BCUT2D eigenvalue weighted by atomic mass is 32.1. The first-order chi connectivity index (χ1) is 10.7. The van der Waals surface area contributed by atoms with Crippen molar-refractivity contribution in [2.24, 2.45) is 5.92 Å². The van der Waals surface area contributed by atoms with Crippen LogP contribution >= 0.6 is 22.7 Å². The van der Waals surface area contributed by atoms with Crippen molar-refractivity contribution in [2.45, 2.75) is 26.2 Å². The largest absolute Gasteiger partial charge is 0.497 e.